The minimum Gasteiger partial charge on any atom is -0.497 e. The Labute approximate surface area is 429 Å². The van der Waals surface area contributed by atoms with Gasteiger partial charge in [-0.2, -0.15) is 0 Å². The number of rotatable bonds is 10. The second-order valence-corrected chi connectivity index (χ2v) is 19.5. The molecule has 18 nitrogen and oxygen atoms in total. The zero-order valence-electron chi connectivity index (χ0n) is 40.4. The summed E-state index contributed by atoms with van der Waals surface area (Å²) in [6.45, 7) is 6.48. The Morgan fingerprint density at radius 2 is 1.57 bits per heavy atom. The second-order valence-electron chi connectivity index (χ2n) is 18.3. The number of fused-ring (bicyclic) bond motifs is 8. The molecular formula is C52H55BrClN7O11. The molecule has 1 fully saturated rings. The van der Waals surface area contributed by atoms with Gasteiger partial charge in [-0.3, -0.25) is 19.4 Å². The largest absolute Gasteiger partial charge is 0.497 e. The predicted octanol–water partition coefficient (Wildman–Crippen LogP) is 9.02. The maximum atomic E-state index is 15.2. The average molecular weight is 1070 g/mol. The van der Waals surface area contributed by atoms with Crippen LogP contribution in [0.5, 0.6) is 28.7 Å². The third kappa shape index (κ3) is 11.7. The highest BCUT2D eigenvalue weighted by molar-refractivity contribution is 9.10. The van der Waals surface area contributed by atoms with Crippen LogP contribution in [0, 0.1) is 0 Å². The van der Waals surface area contributed by atoms with Crippen molar-refractivity contribution in [2.75, 3.05) is 41.0 Å². The van der Waals surface area contributed by atoms with Gasteiger partial charge in [0.2, 0.25) is 17.7 Å². The van der Waals surface area contributed by atoms with Gasteiger partial charge in [-0.15, -0.1) is 5.11 Å². The number of halogens is 2. The molecule has 72 heavy (non-hydrogen) atoms. The molecule has 4 aliphatic heterocycles. The van der Waals surface area contributed by atoms with Crippen molar-refractivity contribution >= 4 is 57.0 Å². The first-order valence-corrected chi connectivity index (χ1v) is 24.3. The lowest BCUT2D eigenvalue weighted by molar-refractivity contribution is -0.135. The number of carbonyl (C=O) groups is 4. The highest BCUT2D eigenvalue weighted by atomic mass is 79.9. The van der Waals surface area contributed by atoms with Crippen molar-refractivity contribution in [2.45, 2.75) is 76.1 Å². The molecule has 5 atom stereocenters. The smallest absolute Gasteiger partial charge is 0.408 e. The summed E-state index contributed by atoms with van der Waals surface area (Å²) in [6, 6.07) is 19.3. The molecular weight excluding hydrogens is 1010 g/mol. The number of hydrogen-bond donors (Lipinski definition) is 5. The van der Waals surface area contributed by atoms with Gasteiger partial charge in [-0.05, 0) is 120 Å². The van der Waals surface area contributed by atoms with E-state index in [2.05, 4.69) is 47.5 Å². The number of amides is 4. The molecule has 4 aliphatic rings. The summed E-state index contributed by atoms with van der Waals surface area (Å²) < 4.78 is 36.4. The number of aliphatic hydroxyl groups is 1. The van der Waals surface area contributed by atoms with Crippen LogP contribution >= 0.6 is 27.5 Å². The molecule has 8 bridgehead atoms. The number of aliphatic hydroxyl groups excluding tert-OH is 1. The van der Waals surface area contributed by atoms with Crippen molar-refractivity contribution < 1.29 is 52.7 Å². The molecule has 4 heterocycles. The van der Waals surface area contributed by atoms with Gasteiger partial charge < -0.3 is 54.8 Å². The second kappa shape index (κ2) is 22.2. The zero-order chi connectivity index (χ0) is 51.3. The van der Waals surface area contributed by atoms with E-state index in [0.29, 0.717) is 51.5 Å². The van der Waals surface area contributed by atoms with Crippen molar-refractivity contribution in [1.29, 1.82) is 0 Å². The Morgan fingerprint density at radius 3 is 2.26 bits per heavy atom. The van der Waals surface area contributed by atoms with Gasteiger partial charge in [0, 0.05) is 34.8 Å². The van der Waals surface area contributed by atoms with Crippen LogP contribution in [-0.2, 0) is 30.5 Å². The first kappa shape index (κ1) is 51.4. The van der Waals surface area contributed by atoms with E-state index in [4.69, 9.17) is 40.0 Å². The first-order chi connectivity index (χ1) is 34.5. The SMILES string of the molecule is COc1cc(OC)c2c(c1)[C@@H](COCc1ccccc1)NC(=O)[C@H]1NC(=O)[C@H](NC(=O)[C@H](NC(=O)OC(C)(C)C)c3cc(Br)c(N=NN4CCCC4)c(c3)Oc3ccc(cc3Cl)[C@H]1O)c1ccc(OC)c-2c1. The van der Waals surface area contributed by atoms with E-state index in [9.17, 15) is 9.90 Å². The summed E-state index contributed by atoms with van der Waals surface area (Å²) in [6.07, 6.45) is -0.816. The van der Waals surface area contributed by atoms with Gasteiger partial charge in [-0.1, -0.05) is 59.3 Å². The molecule has 1 saturated heterocycles. The van der Waals surface area contributed by atoms with Crippen LogP contribution < -0.4 is 40.2 Å². The minimum atomic E-state index is -1.76. The molecule has 5 aromatic carbocycles. The van der Waals surface area contributed by atoms with E-state index in [-0.39, 0.29) is 52.1 Å². The van der Waals surface area contributed by atoms with Gasteiger partial charge >= 0.3 is 6.09 Å². The molecule has 5 N–H and O–H groups in total. The Kier molecular flexibility index (Phi) is 15.9. The van der Waals surface area contributed by atoms with Crippen LogP contribution in [0.2, 0.25) is 5.02 Å². The monoisotopic (exact) mass is 1070 g/mol. The molecule has 0 saturated carbocycles. The van der Waals surface area contributed by atoms with E-state index in [1.165, 1.54) is 45.6 Å². The van der Waals surface area contributed by atoms with Crippen molar-refractivity contribution in [3.8, 4) is 39.9 Å². The number of benzene rings is 5. The first-order valence-electron chi connectivity index (χ1n) is 23.2. The van der Waals surface area contributed by atoms with Crippen LogP contribution in [0.3, 0.4) is 0 Å². The van der Waals surface area contributed by atoms with Gasteiger partial charge in [0.05, 0.1) is 45.6 Å². The number of ether oxygens (including phenoxy) is 6. The fraction of sp³-hybridized carbons (Fsp3) is 0.346. The molecule has 378 valence electrons. The lowest BCUT2D eigenvalue weighted by Gasteiger charge is -2.32. The third-order valence-electron chi connectivity index (χ3n) is 12.1. The fourth-order valence-corrected chi connectivity index (χ4v) is 9.36. The summed E-state index contributed by atoms with van der Waals surface area (Å²) in [5.41, 5.74) is 1.93. The number of nitrogens with zero attached hydrogens (tertiary/aromatic N) is 3. The molecule has 4 amide bonds. The Morgan fingerprint density at radius 1 is 0.833 bits per heavy atom. The van der Waals surface area contributed by atoms with Crippen molar-refractivity contribution in [1.82, 2.24) is 26.3 Å². The summed E-state index contributed by atoms with van der Waals surface area (Å²) in [5.74, 6) is -1.44. The quantitative estimate of drug-likeness (QED) is 0.0828. The molecule has 20 heteroatoms. The Hall–Kier alpha value is -6.93. The van der Waals surface area contributed by atoms with Crippen molar-refractivity contribution in [3.05, 3.63) is 128 Å². The summed E-state index contributed by atoms with van der Waals surface area (Å²) in [5, 5.41) is 34.5. The summed E-state index contributed by atoms with van der Waals surface area (Å²) >= 11 is 10.6. The van der Waals surface area contributed by atoms with Crippen LogP contribution in [-0.4, -0.2) is 86.6 Å². The number of nitrogens with one attached hydrogen (secondary N) is 4. The molecule has 0 spiro atoms. The van der Waals surface area contributed by atoms with E-state index in [0.717, 1.165) is 18.4 Å². The van der Waals surface area contributed by atoms with Gasteiger partial charge in [0.1, 0.15) is 58.5 Å². The van der Waals surface area contributed by atoms with E-state index in [1.54, 1.807) is 57.2 Å². The fourth-order valence-electron chi connectivity index (χ4n) is 8.60. The Balaban J connectivity index is 1.35. The van der Waals surface area contributed by atoms with E-state index >= 15 is 14.4 Å². The third-order valence-corrected chi connectivity index (χ3v) is 13.0. The maximum absolute atomic E-state index is 15.2. The predicted molar refractivity (Wildman–Crippen MR) is 269 cm³/mol. The molecule has 0 aliphatic carbocycles. The van der Waals surface area contributed by atoms with Crippen LogP contribution in [0.15, 0.2) is 106 Å². The standard InChI is InChI=1S/C52H55BrClN7O11/c1-52(2,3)72-51(66)58-44-31-21-35(53)45(59-60-61-18-10-11-19-61)41(23-31)71-39-17-15-30(22-36(39)54)47(62)46-50(65)55-37(27-70-26-28-12-8-7-9-13-28)33-24-32(67-4)25-40(69-6)42(33)34-20-29(14-16-38(34)68-5)43(48(63)57-46)56-49(44)64/h7-9,12-17,20-25,37,43-44,46-47,62H,10-11,18-19,26-27H2,1-6H3,(H,55,65)(H,56,64)(H,57,63)(H,58,66)/t37-,43-,44-,46+,47-/m1/s1. The Bertz CT molecular complexity index is 2880. The van der Waals surface area contributed by atoms with Crippen molar-refractivity contribution in [3.63, 3.8) is 0 Å². The molecule has 0 aromatic heterocycles. The lowest BCUT2D eigenvalue weighted by atomic mass is 9.89. The number of methoxy groups -OCH3 is 3. The van der Waals surface area contributed by atoms with E-state index < -0.39 is 59.7 Å². The summed E-state index contributed by atoms with van der Waals surface area (Å²) in [4.78, 5) is 59.1. The molecule has 5 aromatic rings. The van der Waals surface area contributed by atoms with Crippen LogP contribution in [0.25, 0.3) is 11.1 Å². The topological polar surface area (TPSA) is 220 Å². The zero-order valence-corrected chi connectivity index (χ0v) is 42.8. The normalized spacial score (nSPS) is 20.0. The number of carbonyl (C=O) groups excluding carboxylic acids is 4. The molecule has 9 rings (SSSR count). The van der Waals surface area contributed by atoms with Crippen LogP contribution in [0.4, 0.5) is 10.5 Å². The number of hydrogen-bond acceptors (Lipinski definition) is 13. The molecule has 0 radical (unpaired) electrons. The van der Waals surface area contributed by atoms with E-state index in [1.807, 2.05) is 35.3 Å². The lowest BCUT2D eigenvalue weighted by Crippen LogP contribution is -2.54. The van der Waals surface area contributed by atoms with Crippen molar-refractivity contribution in [2.24, 2.45) is 10.3 Å². The van der Waals surface area contributed by atoms with Crippen LogP contribution in [0.1, 0.15) is 85.7 Å². The van der Waals surface area contributed by atoms with Gasteiger partial charge in [-0.25, -0.2) is 4.79 Å². The minimum absolute atomic E-state index is 0.00704. The maximum Gasteiger partial charge on any atom is 0.408 e. The average Bonchev–Trinajstić information content (AvgIpc) is 3.88. The van der Waals surface area contributed by atoms with Gasteiger partial charge in [0.15, 0.2) is 5.75 Å². The summed E-state index contributed by atoms with van der Waals surface area (Å²) in [7, 11) is 4.45. The molecule has 0 unspecified atom stereocenters. The number of alkyl carbamates (subject to hydrolysis) is 1. The van der Waals surface area contributed by atoms with Gasteiger partial charge in [0.25, 0.3) is 0 Å². The highest BCUT2D eigenvalue weighted by Crippen LogP contribution is 2.46. The highest BCUT2D eigenvalue weighted by Gasteiger charge is 2.39.